The van der Waals surface area contributed by atoms with E-state index < -0.39 is 23.6 Å². The molecule has 1 saturated heterocycles. The van der Waals surface area contributed by atoms with E-state index >= 15 is 0 Å². The summed E-state index contributed by atoms with van der Waals surface area (Å²) in [5.41, 5.74) is -0.774. The highest BCUT2D eigenvalue weighted by atomic mass is 19.4. The molecule has 37 heavy (non-hydrogen) atoms. The average Bonchev–Trinajstić information content (AvgIpc) is 2.85. The van der Waals surface area contributed by atoms with Gasteiger partial charge in [0.2, 0.25) is 0 Å². The Morgan fingerprint density at radius 3 is 2.43 bits per heavy atom. The number of halogens is 3. The van der Waals surface area contributed by atoms with Crippen molar-refractivity contribution in [3.8, 4) is 11.5 Å². The zero-order valence-electron chi connectivity index (χ0n) is 20.8. The smallest absolute Gasteiger partial charge is 0.497 e. The molecular formula is C26H29F3N2O6. The molecule has 0 atom stereocenters. The summed E-state index contributed by atoms with van der Waals surface area (Å²) in [7, 11) is 1.45. The molecule has 1 aliphatic rings. The molecule has 0 unspecified atom stereocenters. The normalized spacial score (nSPS) is 14.0. The lowest BCUT2D eigenvalue weighted by Crippen LogP contribution is -2.35. The fourth-order valence-electron chi connectivity index (χ4n) is 3.56. The molecule has 0 spiro atoms. The van der Waals surface area contributed by atoms with E-state index in [-0.39, 0.29) is 16.8 Å². The number of rotatable bonds is 6. The fraction of sp³-hybridized carbons (Fsp3) is 0.385. The first-order valence-corrected chi connectivity index (χ1v) is 11.8. The predicted octanol–water partition coefficient (Wildman–Crippen LogP) is 5.20. The number of amides is 1. The Balaban J connectivity index is 0.00000121. The molecule has 0 bridgehead atoms. The maximum Gasteiger partial charge on any atom is 0.573 e. The Morgan fingerprint density at radius 1 is 1.08 bits per heavy atom. The van der Waals surface area contributed by atoms with Gasteiger partial charge in [-0.25, -0.2) is 4.79 Å². The number of hydrogen-bond donors (Lipinski definition) is 1. The van der Waals surface area contributed by atoms with Crippen molar-refractivity contribution in [1.29, 1.82) is 0 Å². The minimum absolute atomic E-state index is 0.203. The number of carbonyl (C=O) groups excluding carboxylic acids is 1. The molecule has 11 heteroatoms. The van der Waals surface area contributed by atoms with Gasteiger partial charge < -0.3 is 23.9 Å². The maximum atomic E-state index is 13.0. The summed E-state index contributed by atoms with van der Waals surface area (Å²) in [6.45, 7) is 7.03. The SMILES string of the molecule is CCC.COc1ccc2cc(C(=O)Nc3ccc(CN4CCOCC4)cc3OC(F)(F)F)c(=O)oc2c1. The minimum atomic E-state index is -4.97. The molecule has 0 aliphatic carbocycles. The van der Waals surface area contributed by atoms with Crippen LogP contribution >= 0.6 is 0 Å². The highest BCUT2D eigenvalue weighted by Gasteiger charge is 2.33. The van der Waals surface area contributed by atoms with Crippen molar-refractivity contribution in [3.05, 3.63) is 64.0 Å². The molecule has 2 heterocycles. The van der Waals surface area contributed by atoms with Gasteiger partial charge >= 0.3 is 12.0 Å². The third kappa shape index (κ3) is 7.96. The molecule has 1 aliphatic heterocycles. The number of hydrogen-bond acceptors (Lipinski definition) is 7. The Kier molecular flexibility index (Phi) is 9.54. The maximum absolute atomic E-state index is 13.0. The highest BCUT2D eigenvalue weighted by Crippen LogP contribution is 2.32. The van der Waals surface area contributed by atoms with Crippen molar-refractivity contribution < 1.29 is 36.6 Å². The molecule has 3 aromatic rings. The van der Waals surface area contributed by atoms with Crippen LogP contribution in [-0.2, 0) is 11.3 Å². The summed E-state index contributed by atoms with van der Waals surface area (Å²) in [6, 6.07) is 10.1. The van der Waals surface area contributed by atoms with Crippen LogP contribution in [0.2, 0.25) is 0 Å². The Hall–Kier alpha value is -3.57. The first-order chi connectivity index (χ1) is 17.6. The van der Waals surface area contributed by atoms with E-state index in [0.29, 0.717) is 49.5 Å². The van der Waals surface area contributed by atoms with E-state index in [1.54, 1.807) is 18.2 Å². The fourth-order valence-corrected chi connectivity index (χ4v) is 3.56. The van der Waals surface area contributed by atoms with Gasteiger partial charge in [-0.15, -0.1) is 13.2 Å². The van der Waals surface area contributed by atoms with Crippen molar-refractivity contribution in [1.82, 2.24) is 4.90 Å². The molecule has 0 saturated carbocycles. The van der Waals surface area contributed by atoms with Crippen molar-refractivity contribution in [2.45, 2.75) is 33.2 Å². The number of fused-ring (bicyclic) bond motifs is 1. The van der Waals surface area contributed by atoms with Crippen LogP contribution in [0.3, 0.4) is 0 Å². The molecule has 8 nitrogen and oxygen atoms in total. The Bertz CT molecular complexity index is 1270. The summed E-state index contributed by atoms with van der Waals surface area (Å²) < 4.78 is 58.8. The molecular weight excluding hydrogens is 493 g/mol. The number of nitrogens with zero attached hydrogens (tertiary/aromatic N) is 1. The number of morpholine rings is 1. The zero-order chi connectivity index (χ0) is 27.0. The van der Waals surface area contributed by atoms with E-state index in [2.05, 4.69) is 23.9 Å². The number of methoxy groups -OCH3 is 1. The summed E-state index contributed by atoms with van der Waals surface area (Å²) in [4.78, 5) is 27.2. The van der Waals surface area contributed by atoms with Crippen molar-refractivity contribution >= 4 is 22.6 Å². The first kappa shape index (κ1) is 28.0. The number of carbonyl (C=O) groups is 1. The van der Waals surface area contributed by atoms with Gasteiger partial charge in [0.1, 0.15) is 16.9 Å². The second-order valence-electron chi connectivity index (χ2n) is 8.28. The highest BCUT2D eigenvalue weighted by molar-refractivity contribution is 6.06. The van der Waals surface area contributed by atoms with Gasteiger partial charge in [-0.2, -0.15) is 0 Å². The van der Waals surface area contributed by atoms with Gasteiger partial charge in [-0.05, 0) is 35.9 Å². The van der Waals surface area contributed by atoms with Crippen molar-refractivity contribution in [3.63, 3.8) is 0 Å². The zero-order valence-corrected chi connectivity index (χ0v) is 20.8. The summed E-state index contributed by atoms with van der Waals surface area (Å²) in [6.07, 6.45) is -3.72. The topological polar surface area (TPSA) is 90.2 Å². The number of nitrogens with one attached hydrogen (secondary N) is 1. The van der Waals surface area contributed by atoms with Gasteiger partial charge in [-0.3, -0.25) is 9.69 Å². The minimum Gasteiger partial charge on any atom is -0.497 e. The molecule has 4 rings (SSSR count). The van der Waals surface area contributed by atoms with Crippen LogP contribution in [0.25, 0.3) is 11.0 Å². The van der Waals surface area contributed by atoms with E-state index in [1.165, 1.54) is 37.8 Å². The summed E-state index contributed by atoms with van der Waals surface area (Å²) >= 11 is 0. The van der Waals surface area contributed by atoms with E-state index in [1.807, 2.05) is 4.90 Å². The summed E-state index contributed by atoms with van der Waals surface area (Å²) in [5.74, 6) is -1.06. The van der Waals surface area contributed by atoms with E-state index in [4.69, 9.17) is 13.9 Å². The molecule has 1 N–H and O–H groups in total. The average molecular weight is 523 g/mol. The lowest BCUT2D eigenvalue weighted by Gasteiger charge is -2.27. The molecule has 200 valence electrons. The molecule has 2 aromatic carbocycles. The molecule has 1 amide bonds. The second kappa shape index (κ2) is 12.6. The third-order valence-corrected chi connectivity index (χ3v) is 5.22. The van der Waals surface area contributed by atoms with Gasteiger partial charge in [0, 0.05) is 31.1 Å². The van der Waals surface area contributed by atoms with Gasteiger partial charge in [-0.1, -0.05) is 26.3 Å². The van der Waals surface area contributed by atoms with Crippen LogP contribution in [0.5, 0.6) is 11.5 Å². The number of anilines is 1. The van der Waals surface area contributed by atoms with Crippen LogP contribution in [-0.4, -0.2) is 50.6 Å². The van der Waals surface area contributed by atoms with E-state index in [0.717, 1.165) is 0 Å². The second-order valence-corrected chi connectivity index (χ2v) is 8.28. The lowest BCUT2D eigenvalue weighted by molar-refractivity contribution is -0.274. The number of alkyl halides is 3. The number of ether oxygens (including phenoxy) is 3. The van der Waals surface area contributed by atoms with Crippen LogP contribution in [0.15, 0.2) is 51.7 Å². The van der Waals surface area contributed by atoms with Crippen molar-refractivity contribution in [2.24, 2.45) is 0 Å². The largest absolute Gasteiger partial charge is 0.573 e. The van der Waals surface area contributed by atoms with Crippen LogP contribution in [0, 0.1) is 0 Å². The molecule has 1 fully saturated rings. The predicted molar refractivity (Wildman–Crippen MR) is 132 cm³/mol. The van der Waals surface area contributed by atoms with Gasteiger partial charge in [0.05, 0.1) is 26.0 Å². The third-order valence-electron chi connectivity index (χ3n) is 5.22. The van der Waals surface area contributed by atoms with E-state index in [9.17, 15) is 22.8 Å². The van der Waals surface area contributed by atoms with Crippen LogP contribution in [0.4, 0.5) is 18.9 Å². The van der Waals surface area contributed by atoms with Gasteiger partial charge in [0.25, 0.3) is 5.91 Å². The lowest BCUT2D eigenvalue weighted by atomic mass is 10.1. The van der Waals surface area contributed by atoms with Gasteiger partial charge in [0.15, 0.2) is 5.75 Å². The monoisotopic (exact) mass is 522 g/mol. The van der Waals surface area contributed by atoms with Crippen LogP contribution in [0.1, 0.15) is 36.2 Å². The quantitative estimate of drug-likeness (QED) is 0.445. The van der Waals surface area contributed by atoms with Crippen LogP contribution < -0.4 is 20.4 Å². The molecule has 1 aromatic heterocycles. The Morgan fingerprint density at radius 2 is 1.78 bits per heavy atom. The standard InChI is InChI=1S/C23H21F3N2O6.C3H8/c1-31-16-4-3-15-11-17(22(30)33-19(15)12-16)21(29)27-18-5-2-14(10-20(18)34-23(24,25)26)13-28-6-8-32-9-7-28;1-3-2/h2-5,10-12H,6-9,13H2,1H3,(H,27,29);3H2,1-2H3. The first-order valence-electron chi connectivity index (χ1n) is 11.8. The number of benzene rings is 2. The van der Waals surface area contributed by atoms with Crippen molar-refractivity contribution in [2.75, 3.05) is 38.7 Å². The molecule has 0 radical (unpaired) electrons. The Labute approximate surface area is 211 Å². The summed E-state index contributed by atoms with van der Waals surface area (Å²) in [5, 5.41) is 2.77.